The van der Waals surface area contributed by atoms with Gasteiger partial charge in [0.25, 0.3) is 0 Å². The highest BCUT2D eigenvalue weighted by atomic mass is 127. The molecule has 0 fully saturated rings. The number of phenolic OH excluding ortho intramolecular Hbond substituents is 2. The summed E-state index contributed by atoms with van der Waals surface area (Å²) in [5.74, 6) is -0.0600. The minimum Gasteiger partial charge on any atom is -1.00 e. The lowest BCUT2D eigenvalue weighted by molar-refractivity contribution is -0.906. The lowest BCUT2D eigenvalue weighted by Gasteiger charge is -2.32. The van der Waals surface area contributed by atoms with E-state index in [2.05, 4.69) is 69.5 Å². The van der Waals surface area contributed by atoms with Gasteiger partial charge in [0, 0.05) is 30.6 Å². The first-order valence-electron chi connectivity index (χ1n) is 22.9. The van der Waals surface area contributed by atoms with Crippen molar-refractivity contribution in [3.05, 3.63) is 83.9 Å². The number of aromatic nitrogens is 6. The Balaban J connectivity index is 0.000000284. The van der Waals surface area contributed by atoms with E-state index in [4.69, 9.17) is 0 Å². The molecule has 2 heterocycles. The highest BCUT2D eigenvalue weighted by Gasteiger charge is 2.26. The highest BCUT2D eigenvalue weighted by Crippen LogP contribution is 2.37. The van der Waals surface area contributed by atoms with Gasteiger partial charge in [0.2, 0.25) is 20.0 Å². The van der Waals surface area contributed by atoms with Crippen LogP contribution in [0.4, 0.5) is 0 Å². The van der Waals surface area contributed by atoms with E-state index in [1.54, 1.807) is 12.1 Å². The standard InChI is InChI=1S/C24H35N5O3S.C23H33N5O3S.HI/c1-6-18(4)20-16-19(33(31,32)25-14-11-15-29(5,7-2)8-3)17-23(24(20)30)28-26-21-12-9-10-13-22(21)27-28;1-5-17(4)19-15-18(32(30,31)24-13-10-14-27(6-2)7-3)16-22(23(19)29)28-25-20-11-8-9-12-21(20)26-28;/h9-10,12-13,16-18,25H,6-8,11,14-15H2,1-5H3;8-9,11-12,15-17,24,29H,5-7,10,13-14H2,1-4H3;1H. The van der Waals surface area contributed by atoms with Gasteiger partial charge in [0.15, 0.2) is 0 Å². The lowest BCUT2D eigenvalue weighted by atomic mass is 9.97. The zero-order chi connectivity index (χ0) is 47.5. The van der Waals surface area contributed by atoms with E-state index < -0.39 is 20.0 Å². The Kier molecular flexibility index (Phi) is 19.9. The molecular weight excluding hydrogens is 992 g/mol. The average molecular weight is 1060 g/mol. The molecule has 0 saturated carbocycles. The maximum atomic E-state index is 13.2. The van der Waals surface area contributed by atoms with Crippen LogP contribution >= 0.6 is 0 Å². The van der Waals surface area contributed by atoms with Crippen molar-refractivity contribution in [1.82, 2.24) is 44.3 Å². The number of benzene rings is 4. The zero-order valence-corrected chi connectivity index (χ0v) is 43.7. The van der Waals surface area contributed by atoms with Crippen molar-refractivity contribution in [3.8, 4) is 22.9 Å². The molecular formula is C47H69IN10O6S2. The second-order valence-electron chi connectivity index (χ2n) is 16.8. The molecule has 6 aromatic rings. The number of nitrogens with zero attached hydrogens (tertiary/aromatic N) is 8. The summed E-state index contributed by atoms with van der Waals surface area (Å²) in [6.45, 7) is 22.7. The Labute approximate surface area is 408 Å². The number of quaternary nitrogens is 1. The van der Waals surface area contributed by atoms with Gasteiger partial charge in [-0.1, -0.05) is 65.8 Å². The van der Waals surface area contributed by atoms with Gasteiger partial charge in [-0.15, -0.1) is 30.0 Å². The van der Waals surface area contributed by atoms with Gasteiger partial charge in [0.05, 0.1) is 36.5 Å². The van der Waals surface area contributed by atoms with E-state index >= 15 is 0 Å². The third-order valence-electron chi connectivity index (χ3n) is 12.6. The minimum absolute atomic E-state index is 0. The molecule has 2 atom stereocenters. The Morgan fingerprint density at radius 1 is 0.621 bits per heavy atom. The second kappa shape index (κ2) is 24.2. The summed E-state index contributed by atoms with van der Waals surface area (Å²) in [6, 6.07) is 20.7. The van der Waals surface area contributed by atoms with Gasteiger partial charge in [0.1, 0.15) is 44.9 Å². The molecule has 0 saturated heterocycles. The van der Waals surface area contributed by atoms with Crippen LogP contribution in [0.25, 0.3) is 33.4 Å². The number of nitrogens with one attached hydrogen (secondary N) is 2. The predicted octanol–water partition coefficient (Wildman–Crippen LogP) is 4.45. The van der Waals surface area contributed by atoms with Crippen LogP contribution < -0.4 is 33.4 Å². The van der Waals surface area contributed by atoms with Gasteiger partial charge in [-0.3, -0.25) is 0 Å². The van der Waals surface area contributed by atoms with Crippen LogP contribution in [0.15, 0.2) is 82.6 Å². The monoisotopic (exact) mass is 1060 g/mol. The summed E-state index contributed by atoms with van der Waals surface area (Å²) < 4.78 is 58.9. The summed E-state index contributed by atoms with van der Waals surface area (Å²) in [4.78, 5) is 5.09. The van der Waals surface area contributed by atoms with Crippen LogP contribution in [0.3, 0.4) is 0 Å². The van der Waals surface area contributed by atoms with Crippen molar-refractivity contribution < 1.29 is 55.5 Å². The fourth-order valence-electron chi connectivity index (χ4n) is 7.39. The van der Waals surface area contributed by atoms with E-state index in [1.807, 2.05) is 76.2 Å². The lowest BCUT2D eigenvalue weighted by Crippen LogP contribution is -3.00. The van der Waals surface area contributed by atoms with Crippen molar-refractivity contribution in [1.29, 1.82) is 0 Å². The SMILES string of the molecule is CCC(C)c1cc(S(=O)(=O)NCCCN(CC)CC)cc(-n2nc3ccccc3n2)c1O.CCC(C)c1cc(S(=O)(=O)NCCC[N+](C)(CC)CC)cc(-n2nc3ccccc3n2)c1O.[I-]. The van der Waals surface area contributed by atoms with Gasteiger partial charge >= 0.3 is 0 Å². The molecule has 362 valence electrons. The topological polar surface area (TPSA) is 197 Å². The van der Waals surface area contributed by atoms with Crippen molar-refractivity contribution in [2.45, 2.75) is 103 Å². The molecule has 0 aliphatic carbocycles. The summed E-state index contributed by atoms with van der Waals surface area (Å²) in [6.07, 6.45) is 2.97. The van der Waals surface area contributed by atoms with Gasteiger partial charge < -0.3 is 43.6 Å². The van der Waals surface area contributed by atoms with E-state index in [9.17, 15) is 27.0 Å². The first-order valence-corrected chi connectivity index (χ1v) is 25.8. The van der Waals surface area contributed by atoms with E-state index in [1.165, 1.54) is 21.7 Å². The number of halogens is 1. The minimum atomic E-state index is -3.77. The molecule has 0 spiro atoms. The van der Waals surface area contributed by atoms with E-state index in [0.29, 0.717) is 46.3 Å². The molecule has 2 unspecified atom stereocenters. The molecule has 4 aromatic carbocycles. The van der Waals surface area contributed by atoms with E-state index in [0.717, 1.165) is 69.4 Å². The maximum Gasteiger partial charge on any atom is 0.240 e. The van der Waals surface area contributed by atoms with Crippen LogP contribution in [0, 0.1) is 0 Å². The summed E-state index contributed by atoms with van der Waals surface area (Å²) in [7, 11) is -5.35. The maximum absolute atomic E-state index is 13.2. The largest absolute Gasteiger partial charge is 1.00 e. The third kappa shape index (κ3) is 13.3. The number of aromatic hydroxyl groups is 2. The molecule has 16 nitrogen and oxygen atoms in total. The normalized spacial score (nSPS) is 13.1. The van der Waals surface area contributed by atoms with Crippen molar-refractivity contribution in [2.24, 2.45) is 0 Å². The number of rotatable bonds is 22. The smallest absolute Gasteiger partial charge is 0.240 e. The fourth-order valence-corrected chi connectivity index (χ4v) is 9.65. The van der Waals surface area contributed by atoms with Crippen LogP contribution in [0.2, 0.25) is 0 Å². The number of hydrogen-bond acceptors (Lipinski definition) is 11. The number of hydrogen-bond donors (Lipinski definition) is 4. The van der Waals surface area contributed by atoms with Gasteiger partial charge in [-0.2, -0.15) is 0 Å². The number of sulfonamides is 2. The second-order valence-corrected chi connectivity index (χ2v) is 20.4. The summed E-state index contributed by atoms with van der Waals surface area (Å²) in [5, 5.41) is 39.7. The Hall–Kier alpha value is -4.25. The molecule has 2 aromatic heterocycles. The summed E-state index contributed by atoms with van der Waals surface area (Å²) in [5.41, 5.74) is 4.31. The molecule has 19 heteroatoms. The van der Waals surface area contributed by atoms with Gasteiger partial charge in [-0.05, 0) is 113 Å². The first kappa shape index (κ1) is 54.4. The predicted molar refractivity (Wildman–Crippen MR) is 258 cm³/mol. The molecule has 0 amide bonds. The number of phenols is 2. The molecule has 0 aliphatic rings. The van der Waals surface area contributed by atoms with Crippen molar-refractivity contribution in [2.75, 3.05) is 59.4 Å². The Morgan fingerprint density at radius 2 is 0.985 bits per heavy atom. The fraction of sp³-hybridized carbons (Fsp3) is 0.489. The number of fused-ring (bicyclic) bond motifs is 2. The molecule has 0 aliphatic heterocycles. The van der Waals surface area contributed by atoms with Crippen LogP contribution in [-0.4, -0.2) is 126 Å². The van der Waals surface area contributed by atoms with E-state index in [-0.39, 0.29) is 68.5 Å². The zero-order valence-electron chi connectivity index (χ0n) is 39.9. The van der Waals surface area contributed by atoms with Crippen molar-refractivity contribution >= 4 is 42.1 Å². The van der Waals surface area contributed by atoms with Crippen LogP contribution in [0.1, 0.15) is 104 Å². The van der Waals surface area contributed by atoms with Crippen LogP contribution in [0.5, 0.6) is 11.5 Å². The summed E-state index contributed by atoms with van der Waals surface area (Å²) >= 11 is 0. The van der Waals surface area contributed by atoms with Crippen LogP contribution in [-0.2, 0) is 20.0 Å². The Morgan fingerprint density at radius 3 is 1.32 bits per heavy atom. The first-order chi connectivity index (χ1) is 30.9. The molecule has 6 rings (SSSR count). The Bertz CT molecular complexity index is 2670. The quantitative estimate of drug-likeness (QED) is 0.0426. The molecule has 66 heavy (non-hydrogen) atoms. The highest BCUT2D eigenvalue weighted by molar-refractivity contribution is 7.89. The third-order valence-corrected chi connectivity index (χ3v) is 15.5. The molecule has 4 N–H and O–H groups in total. The molecule has 0 radical (unpaired) electrons. The van der Waals surface area contributed by atoms with Crippen molar-refractivity contribution in [3.63, 3.8) is 0 Å². The average Bonchev–Trinajstić information content (AvgIpc) is 3.95. The molecule has 0 bridgehead atoms. The van der Waals surface area contributed by atoms with Gasteiger partial charge in [-0.25, -0.2) is 26.3 Å².